The maximum absolute atomic E-state index is 12.6. The maximum Gasteiger partial charge on any atom is 0.289 e. The summed E-state index contributed by atoms with van der Waals surface area (Å²) in [5.74, 6) is 1.18. The Morgan fingerprint density at radius 1 is 1.10 bits per heavy atom. The summed E-state index contributed by atoms with van der Waals surface area (Å²) >= 11 is 1.30. The molecule has 0 radical (unpaired) electrons. The third kappa shape index (κ3) is 5.05. The largest absolute Gasteiger partial charge is 0.497 e. The lowest BCUT2D eigenvalue weighted by atomic mass is 10.2. The van der Waals surface area contributed by atoms with Crippen LogP contribution < -0.4 is 4.74 Å². The molecular formula is C20H22N6O4S. The van der Waals surface area contributed by atoms with Crippen LogP contribution in [0.15, 0.2) is 52.2 Å². The summed E-state index contributed by atoms with van der Waals surface area (Å²) in [5, 5.41) is 12.4. The second-order valence-corrected chi connectivity index (χ2v) is 7.85. The number of thioether (sulfide) groups is 1. The molecule has 0 atom stereocenters. The van der Waals surface area contributed by atoms with Crippen molar-refractivity contribution >= 4 is 23.6 Å². The number of amides is 2. The van der Waals surface area contributed by atoms with Crippen molar-refractivity contribution in [1.82, 2.24) is 30.0 Å². The highest BCUT2D eigenvalue weighted by atomic mass is 32.2. The monoisotopic (exact) mass is 442 g/mol. The van der Waals surface area contributed by atoms with Crippen LogP contribution in [-0.2, 0) is 11.3 Å². The minimum atomic E-state index is -0.149. The fraction of sp³-hybridized carbons (Fsp3) is 0.350. The molecule has 1 saturated heterocycles. The smallest absolute Gasteiger partial charge is 0.289 e. The van der Waals surface area contributed by atoms with Crippen LogP contribution >= 0.6 is 11.8 Å². The van der Waals surface area contributed by atoms with E-state index in [1.165, 1.54) is 18.0 Å². The van der Waals surface area contributed by atoms with E-state index in [1.807, 2.05) is 24.3 Å². The van der Waals surface area contributed by atoms with Gasteiger partial charge in [-0.3, -0.25) is 9.59 Å². The van der Waals surface area contributed by atoms with Crippen molar-refractivity contribution in [1.29, 1.82) is 0 Å². The molecule has 3 aromatic rings. The van der Waals surface area contributed by atoms with Gasteiger partial charge in [0.2, 0.25) is 11.1 Å². The zero-order chi connectivity index (χ0) is 21.6. The molecule has 3 heterocycles. The van der Waals surface area contributed by atoms with Crippen molar-refractivity contribution in [3.8, 4) is 5.75 Å². The molecule has 0 unspecified atom stereocenters. The predicted octanol–water partition coefficient (Wildman–Crippen LogP) is 1.40. The van der Waals surface area contributed by atoms with Crippen LogP contribution in [0.3, 0.4) is 0 Å². The van der Waals surface area contributed by atoms with Gasteiger partial charge in [0.25, 0.3) is 5.91 Å². The van der Waals surface area contributed by atoms with E-state index in [0.717, 1.165) is 11.3 Å². The van der Waals surface area contributed by atoms with Gasteiger partial charge in [0.05, 0.1) is 25.7 Å². The highest BCUT2D eigenvalue weighted by Gasteiger charge is 2.26. The van der Waals surface area contributed by atoms with Crippen LogP contribution in [0, 0.1) is 0 Å². The summed E-state index contributed by atoms with van der Waals surface area (Å²) in [5.41, 5.74) is 1.03. The Balaban J connectivity index is 1.27. The summed E-state index contributed by atoms with van der Waals surface area (Å²) in [6.45, 7) is 2.43. The number of nitrogens with zero attached hydrogens (tertiary/aromatic N) is 6. The third-order valence-electron chi connectivity index (χ3n) is 4.97. The minimum absolute atomic E-state index is 0.00547. The van der Waals surface area contributed by atoms with E-state index in [9.17, 15) is 9.59 Å². The van der Waals surface area contributed by atoms with Gasteiger partial charge in [-0.2, -0.15) is 0 Å². The fourth-order valence-corrected chi connectivity index (χ4v) is 4.02. The summed E-state index contributed by atoms with van der Waals surface area (Å²) in [6, 6.07) is 11.0. The maximum atomic E-state index is 12.6. The predicted molar refractivity (Wildman–Crippen MR) is 112 cm³/mol. The molecule has 2 amide bonds. The molecule has 31 heavy (non-hydrogen) atoms. The van der Waals surface area contributed by atoms with Gasteiger partial charge in [0.1, 0.15) is 5.75 Å². The topological polar surface area (TPSA) is 107 Å². The molecule has 0 bridgehead atoms. The van der Waals surface area contributed by atoms with Gasteiger partial charge in [-0.05, 0) is 40.3 Å². The number of furan rings is 1. The number of carbonyl (C=O) groups excluding carboxylic acids is 2. The number of carbonyl (C=O) groups is 2. The molecule has 0 saturated carbocycles. The van der Waals surface area contributed by atoms with Crippen molar-refractivity contribution in [2.24, 2.45) is 0 Å². The Labute approximate surface area is 183 Å². The zero-order valence-corrected chi connectivity index (χ0v) is 17.8. The number of tetrazole rings is 1. The standard InChI is InChI=1S/C20H22N6O4S/c1-29-16-6-4-15(5-7-16)13-26-20(21-22-23-26)31-14-18(27)24-8-10-25(11-9-24)19(28)17-3-2-12-30-17/h2-7,12H,8-11,13-14H2,1H3. The van der Waals surface area contributed by atoms with Crippen molar-refractivity contribution in [2.45, 2.75) is 11.7 Å². The number of hydrogen-bond acceptors (Lipinski definition) is 8. The molecule has 10 nitrogen and oxygen atoms in total. The van der Waals surface area contributed by atoms with Crippen LogP contribution in [0.5, 0.6) is 5.75 Å². The van der Waals surface area contributed by atoms with E-state index in [4.69, 9.17) is 9.15 Å². The molecule has 0 spiro atoms. The number of methoxy groups -OCH3 is 1. The lowest BCUT2D eigenvalue weighted by Gasteiger charge is -2.34. The lowest BCUT2D eigenvalue weighted by molar-refractivity contribution is -0.129. The Morgan fingerprint density at radius 2 is 1.84 bits per heavy atom. The molecule has 1 aliphatic heterocycles. The first-order valence-corrected chi connectivity index (χ1v) is 10.7. The Bertz CT molecular complexity index is 1010. The molecule has 1 fully saturated rings. The highest BCUT2D eigenvalue weighted by molar-refractivity contribution is 7.99. The summed E-state index contributed by atoms with van der Waals surface area (Å²) in [4.78, 5) is 28.4. The average Bonchev–Trinajstić information content (AvgIpc) is 3.50. The molecule has 0 N–H and O–H groups in total. The van der Waals surface area contributed by atoms with Crippen LogP contribution in [0.25, 0.3) is 0 Å². The van der Waals surface area contributed by atoms with E-state index in [1.54, 1.807) is 33.7 Å². The van der Waals surface area contributed by atoms with Gasteiger partial charge in [-0.1, -0.05) is 23.9 Å². The number of benzene rings is 1. The molecular weight excluding hydrogens is 420 g/mol. The number of aromatic nitrogens is 4. The van der Waals surface area contributed by atoms with Gasteiger partial charge in [-0.15, -0.1) is 5.10 Å². The van der Waals surface area contributed by atoms with Crippen molar-refractivity contribution < 1.29 is 18.7 Å². The molecule has 4 rings (SSSR count). The summed E-state index contributed by atoms with van der Waals surface area (Å²) < 4.78 is 12.0. The number of ether oxygens (including phenoxy) is 1. The Kier molecular flexibility index (Phi) is 6.51. The normalized spacial score (nSPS) is 14.0. The molecule has 11 heteroatoms. The molecule has 0 aliphatic carbocycles. The Morgan fingerprint density at radius 3 is 2.52 bits per heavy atom. The first-order chi connectivity index (χ1) is 15.1. The van der Waals surface area contributed by atoms with E-state index in [2.05, 4.69) is 15.5 Å². The quantitative estimate of drug-likeness (QED) is 0.506. The molecule has 1 aliphatic rings. The average molecular weight is 443 g/mol. The summed E-state index contributed by atoms with van der Waals surface area (Å²) in [7, 11) is 1.62. The van der Waals surface area contributed by atoms with Gasteiger partial charge < -0.3 is 19.0 Å². The fourth-order valence-electron chi connectivity index (χ4n) is 3.24. The van der Waals surface area contributed by atoms with E-state index < -0.39 is 0 Å². The molecule has 2 aromatic heterocycles. The van der Waals surface area contributed by atoms with Crippen LogP contribution in [0.2, 0.25) is 0 Å². The van der Waals surface area contributed by atoms with E-state index >= 15 is 0 Å². The number of hydrogen-bond donors (Lipinski definition) is 0. The van der Waals surface area contributed by atoms with Crippen molar-refractivity contribution in [3.63, 3.8) is 0 Å². The lowest BCUT2D eigenvalue weighted by Crippen LogP contribution is -2.51. The first-order valence-electron chi connectivity index (χ1n) is 9.76. The van der Waals surface area contributed by atoms with Crippen LogP contribution in [-0.4, -0.2) is 80.9 Å². The molecule has 1 aromatic carbocycles. The summed E-state index contributed by atoms with van der Waals surface area (Å²) in [6.07, 6.45) is 1.48. The molecule has 162 valence electrons. The van der Waals surface area contributed by atoms with Crippen molar-refractivity contribution in [2.75, 3.05) is 39.0 Å². The van der Waals surface area contributed by atoms with Crippen LogP contribution in [0.1, 0.15) is 16.1 Å². The van der Waals surface area contributed by atoms with Gasteiger partial charge in [-0.25, -0.2) is 4.68 Å². The van der Waals surface area contributed by atoms with Gasteiger partial charge >= 0.3 is 0 Å². The number of rotatable bonds is 7. The zero-order valence-electron chi connectivity index (χ0n) is 17.0. The van der Waals surface area contributed by atoms with Crippen LogP contribution in [0.4, 0.5) is 0 Å². The first kappa shape index (κ1) is 20.9. The minimum Gasteiger partial charge on any atom is -0.497 e. The number of piperazine rings is 1. The Hall–Kier alpha value is -3.34. The van der Waals surface area contributed by atoms with Gasteiger partial charge in [0, 0.05) is 26.2 Å². The second kappa shape index (κ2) is 9.65. The van der Waals surface area contributed by atoms with Crippen molar-refractivity contribution in [3.05, 3.63) is 54.0 Å². The van der Waals surface area contributed by atoms with E-state index in [0.29, 0.717) is 43.6 Å². The highest BCUT2D eigenvalue weighted by Crippen LogP contribution is 2.18. The SMILES string of the molecule is COc1ccc(Cn2nnnc2SCC(=O)N2CCN(C(=O)c3ccco3)CC2)cc1. The van der Waals surface area contributed by atoms with Gasteiger partial charge in [0.15, 0.2) is 5.76 Å². The third-order valence-corrected chi connectivity index (χ3v) is 5.91. The second-order valence-electron chi connectivity index (χ2n) is 6.91. The van der Waals surface area contributed by atoms with E-state index in [-0.39, 0.29) is 17.6 Å².